The summed E-state index contributed by atoms with van der Waals surface area (Å²) in [6.07, 6.45) is 4.33. The zero-order valence-electron chi connectivity index (χ0n) is 15.3. The van der Waals surface area contributed by atoms with Crippen LogP contribution in [0.5, 0.6) is 0 Å². The van der Waals surface area contributed by atoms with E-state index >= 15 is 0 Å². The van der Waals surface area contributed by atoms with E-state index in [4.69, 9.17) is 0 Å². The minimum atomic E-state index is 0.734. The first-order valence-electron chi connectivity index (χ1n) is 9.71. The second kappa shape index (κ2) is 7.19. The molecule has 128 valence electrons. The molecule has 2 bridgehead atoms. The summed E-state index contributed by atoms with van der Waals surface area (Å²) < 4.78 is 0. The molecule has 0 aromatic carbocycles. The molecule has 3 heteroatoms. The van der Waals surface area contributed by atoms with Gasteiger partial charge < -0.3 is 14.7 Å². The standard InChI is InChI=1S/C19H37N3/c1-15(2)21-7-5-17(6-8-21)10-20-11-18-9-19(12-20)14-22(13-18)16(3)4/h15-19H,5-14H2,1-4H3. The SMILES string of the molecule is CC(C)N1CCC(CN2CC3CC(C2)CN(C(C)C)C3)CC1. The number of likely N-dealkylation sites (tertiary alicyclic amines) is 3. The highest BCUT2D eigenvalue weighted by Gasteiger charge is 2.35. The van der Waals surface area contributed by atoms with Crippen molar-refractivity contribution < 1.29 is 0 Å². The van der Waals surface area contributed by atoms with Crippen LogP contribution in [0, 0.1) is 17.8 Å². The molecular weight excluding hydrogens is 270 g/mol. The van der Waals surface area contributed by atoms with Crippen LogP contribution >= 0.6 is 0 Å². The molecule has 3 aliphatic rings. The lowest BCUT2D eigenvalue weighted by atomic mass is 9.83. The van der Waals surface area contributed by atoms with Crippen LogP contribution in [-0.2, 0) is 0 Å². The second-order valence-electron chi connectivity index (χ2n) is 8.81. The lowest BCUT2D eigenvalue weighted by Gasteiger charge is -2.48. The molecule has 3 aliphatic heterocycles. The third kappa shape index (κ3) is 4.04. The first kappa shape index (κ1) is 16.7. The molecule has 0 saturated carbocycles. The highest BCUT2D eigenvalue weighted by Crippen LogP contribution is 2.31. The van der Waals surface area contributed by atoms with E-state index in [0.717, 1.165) is 29.8 Å². The Bertz CT molecular complexity index is 333. The highest BCUT2D eigenvalue weighted by molar-refractivity contribution is 4.89. The molecule has 3 fully saturated rings. The summed E-state index contributed by atoms with van der Waals surface area (Å²) in [5, 5.41) is 0. The fourth-order valence-corrected chi connectivity index (χ4v) is 5.02. The lowest BCUT2D eigenvalue weighted by Crippen LogP contribution is -2.55. The molecule has 0 radical (unpaired) electrons. The molecule has 2 atom stereocenters. The summed E-state index contributed by atoms with van der Waals surface area (Å²) >= 11 is 0. The van der Waals surface area contributed by atoms with Gasteiger partial charge in [0, 0.05) is 44.8 Å². The molecule has 3 nitrogen and oxygen atoms in total. The van der Waals surface area contributed by atoms with E-state index in [1.807, 2.05) is 0 Å². The van der Waals surface area contributed by atoms with Crippen LogP contribution in [0.3, 0.4) is 0 Å². The van der Waals surface area contributed by atoms with Crippen molar-refractivity contribution >= 4 is 0 Å². The summed E-state index contributed by atoms with van der Waals surface area (Å²) in [5.74, 6) is 2.83. The predicted molar refractivity (Wildman–Crippen MR) is 94.2 cm³/mol. The van der Waals surface area contributed by atoms with Gasteiger partial charge in [-0.15, -0.1) is 0 Å². The Kier molecular flexibility index (Phi) is 5.47. The van der Waals surface area contributed by atoms with E-state index < -0.39 is 0 Å². The van der Waals surface area contributed by atoms with Gasteiger partial charge in [-0.25, -0.2) is 0 Å². The Morgan fingerprint density at radius 3 is 1.82 bits per heavy atom. The first-order chi connectivity index (χ1) is 10.5. The zero-order chi connectivity index (χ0) is 15.7. The molecule has 0 aromatic heterocycles. The van der Waals surface area contributed by atoms with Gasteiger partial charge in [0.15, 0.2) is 0 Å². The molecule has 3 saturated heterocycles. The van der Waals surface area contributed by atoms with Gasteiger partial charge in [0.05, 0.1) is 0 Å². The molecule has 0 spiro atoms. The van der Waals surface area contributed by atoms with Crippen LogP contribution in [0.4, 0.5) is 0 Å². The molecule has 22 heavy (non-hydrogen) atoms. The van der Waals surface area contributed by atoms with Crippen LogP contribution in [0.1, 0.15) is 47.0 Å². The van der Waals surface area contributed by atoms with Gasteiger partial charge in [0.2, 0.25) is 0 Å². The number of piperidine rings is 3. The maximum Gasteiger partial charge on any atom is 0.00388 e. The Morgan fingerprint density at radius 1 is 0.773 bits per heavy atom. The Hall–Kier alpha value is -0.120. The van der Waals surface area contributed by atoms with Gasteiger partial charge in [0.1, 0.15) is 0 Å². The van der Waals surface area contributed by atoms with Gasteiger partial charge in [-0.1, -0.05) is 0 Å². The zero-order valence-corrected chi connectivity index (χ0v) is 15.3. The smallest absolute Gasteiger partial charge is 0.00388 e. The molecular formula is C19H37N3. The van der Waals surface area contributed by atoms with E-state index in [1.54, 1.807) is 0 Å². The minimum absolute atomic E-state index is 0.734. The van der Waals surface area contributed by atoms with Crippen molar-refractivity contribution in [2.45, 2.75) is 59.0 Å². The molecule has 2 unspecified atom stereocenters. The average Bonchev–Trinajstić information content (AvgIpc) is 2.46. The van der Waals surface area contributed by atoms with Gasteiger partial charge >= 0.3 is 0 Å². The van der Waals surface area contributed by atoms with Crippen LogP contribution in [0.25, 0.3) is 0 Å². The van der Waals surface area contributed by atoms with Crippen LogP contribution in [0.15, 0.2) is 0 Å². The van der Waals surface area contributed by atoms with E-state index in [2.05, 4.69) is 42.4 Å². The topological polar surface area (TPSA) is 9.72 Å². The summed E-state index contributed by atoms with van der Waals surface area (Å²) in [5.41, 5.74) is 0. The van der Waals surface area contributed by atoms with E-state index in [0.29, 0.717) is 0 Å². The van der Waals surface area contributed by atoms with Gasteiger partial charge in [-0.05, 0) is 77.8 Å². The summed E-state index contributed by atoms with van der Waals surface area (Å²) in [6.45, 7) is 18.8. The number of rotatable bonds is 4. The predicted octanol–water partition coefficient (Wildman–Crippen LogP) is 2.77. The third-order valence-corrected chi connectivity index (χ3v) is 6.31. The number of fused-ring (bicyclic) bond motifs is 2. The second-order valence-corrected chi connectivity index (χ2v) is 8.81. The van der Waals surface area contributed by atoms with Crippen molar-refractivity contribution in [1.29, 1.82) is 0 Å². The van der Waals surface area contributed by atoms with Crippen molar-refractivity contribution in [2.75, 3.05) is 45.8 Å². The fourth-order valence-electron chi connectivity index (χ4n) is 5.02. The Labute approximate surface area is 138 Å². The quantitative estimate of drug-likeness (QED) is 0.791. The van der Waals surface area contributed by atoms with Crippen molar-refractivity contribution in [3.63, 3.8) is 0 Å². The van der Waals surface area contributed by atoms with Crippen molar-refractivity contribution in [2.24, 2.45) is 17.8 Å². The summed E-state index contributed by atoms with van der Waals surface area (Å²) in [7, 11) is 0. The molecule has 0 amide bonds. The lowest BCUT2D eigenvalue weighted by molar-refractivity contribution is 0.00639. The highest BCUT2D eigenvalue weighted by atomic mass is 15.2. The number of hydrogen-bond donors (Lipinski definition) is 0. The molecule has 3 rings (SSSR count). The normalized spacial score (nSPS) is 33.0. The molecule has 0 aliphatic carbocycles. The molecule has 0 aromatic rings. The van der Waals surface area contributed by atoms with E-state index in [9.17, 15) is 0 Å². The van der Waals surface area contributed by atoms with Crippen molar-refractivity contribution in [3.8, 4) is 0 Å². The number of nitrogens with zero attached hydrogens (tertiary/aromatic N) is 3. The maximum atomic E-state index is 2.83. The van der Waals surface area contributed by atoms with Crippen molar-refractivity contribution in [3.05, 3.63) is 0 Å². The van der Waals surface area contributed by atoms with Crippen molar-refractivity contribution in [1.82, 2.24) is 14.7 Å². The largest absolute Gasteiger partial charge is 0.302 e. The van der Waals surface area contributed by atoms with E-state index in [-0.39, 0.29) is 0 Å². The average molecular weight is 308 g/mol. The van der Waals surface area contributed by atoms with Crippen LogP contribution in [-0.4, -0.2) is 72.6 Å². The van der Waals surface area contributed by atoms with E-state index in [1.165, 1.54) is 65.1 Å². The number of hydrogen-bond acceptors (Lipinski definition) is 3. The fraction of sp³-hybridized carbons (Fsp3) is 1.00. The van der Waals surface area contributed by atoms with Crippen LogP contribution < -0.4 is 0 Å². The summed E-state index contributed by atoms with van der Waals surface area (Å²) in [6, 6.07) is 1.47. The monoisotopic (exact) mass is 307 g/mol. The molecule has 0 N–H and O–H groups in total. The van der Waals surface area contributed by atoms with Gasteiger partial charge in [-0.2, -0.15) is 0 Å². The Morgan fingerprint density at radius 2 is 1.32 bits per heavy atom. The summed E-state index contributed by atoms with van der Waals surface area (Å²) in [4.78, 5) is 8.20. The maximum absolute atomic E-state index is 2.83. The minimum Gasteiger partial charge on any atom is -0.302 e. The van der Waals surface area contributed by atoms with Crippen LogP contribution in [0.2, 0.25) is 0 Å². The Balaban J connectivity index is 1.46. The van der Waals surface area contributed by atoms with Gasteiger partial charge in [0.25, 0.3) is 0 Å². The third-order valence-electron chi connectivity index (χ3n) is 6.31. The van der Waals surface area contributed by atoms with Gasteiger partial charge in [-0.3, -0.25) is 0 Å². The first-order valence-corrected chi connectivity index (χ1v) is 9.71. The molecule has 3 heterocycles.